The zero-order valence-electron chi connectivity index (χ0n) is 10.5. The van der Waals surface area contributed by atoms with Gasteiger partial charge in [0.25, 0.3) is 5.60 Å². The van der Waals surface area contributed by atoms with Gasteiger partial charge in [-0.15, -0.1) is 0 Å². The Hall–Kier alpha value is -1.69. The monoisotopic (exact) mass is 258 g/mol. The van der Waals surface area contributed by atoms with Crippen LogP contribution in [-0.4, -0.2) is 50.1 Å². The summed E-state index contributed by atoms with van der Waals surface area (Å²) in [4.78, 5) is 33.3. The van der Waals surface area contributed by atoms with E-state index in [1.807, 2.05) is 0 Å². The fraction of sp³-hybridized carbons (Fsp3) is 0.700. The summed E-state index contributed by atoms with van der Waals surface area (Å²) in [5, 5.41) is 9.94. The van der Waals surface area contributed by atoms with E-state index < -0.39 is 29.5 Å². The van der Waals surface area contributed by atoms with E-state index in [-0.39, 0.29) is 0 Å². The highest BCUT2D eigenvalue weighted by Crippen LogP contribution is 2.37. The molecule has 1 fully saturated rings. The van der Waals surface area contributed by atoms with Gasteiger partial charge in [0.05, 0.1) is 21.3 Å². The number of rotatable bonds is 3. The molecule has 0 saturated carbocycles. The van der Waals surface area contributed by atoms with Gasteiger partial charge >= 0.3 is 11.9 Å². The molecule has 1 saturated heterocycles. The van der Waals surface area contributed by atoms with Crippen molar-refractivity contribution in [2.24, 2.45) is 5.92 Å². The molecule has 0 aromatic rings. The molecule has 3 atom stereocenters. The second kappa shape index (κ2) is 5.30. The molecule has 0 amide bonds. The summed E-state index contributed by atoms with van der Waals surface area (Å²) in [5.74, 6) is -2.39. The zero-order chi connectivity index (χ0) is 13.9. The number of nitriles is 1. The van der Waals surface area contributed by atoms with Crippen LogP contribution < -0.4 is 0 Å². The number of hydrogen-bond acceptors (Lipinski definition) is 8. The number of methoxy groups -OCH3 is 2. The van der Waals surface area contributed by atoms with Gasteiger partial charge in [0.15, 0.2) is 6.04 Å². The number of nitrogens with zero attached hydrogens (tertiary/aromatic N) is 2. The Morgan fingerprint density at radius 1 is 1.33 bits per heavy atom. The van der Waals surface area contributed by atoms with Crippen molar-refractivity contribution in [1.29, 1.82) is 5.26 Å². The fourth-order valence-corrected chi connectivity index (χ4v) is 1.79. The van der Waals surface area contributed by atoms with E-state index in [9.17, 15) is 9.59 Å². The molecule has 1 rings (SSSR count). The van der Waals surface area contributed by atoms with Crippen molar-refractivity contribution in [3.8, 4) is 6.07 Å². The van der Waals surface area contributed by atoms with Gasteiger partial charge in [-0.25, -0.2) is 9.63 Å². The maximum Gasteiger partial charge on any atom is 0.355 e. The van der Waals surface area contributed by atoms with E-state index in [0.29, 0.717) is 0 Å². The first kappa shape index (κ1) is 14.4. The maximum absolute atomic E-state index is 11.7. The third-order valence-corrected chi connectivity index (χ3v) is 2.85. The van der Waals surface area contributed by atoms with E-state index >= 15 is 0 Å². The predicted molar refractivity (Wildman–Crippen MR) is 55.3 cm³/mol. The van der Waals surface area contributed by atoms with Crippen LogP contribution in [0, 0.1) is 17.2 Å². The van der Waals surface area contributed by atoms with Crippen molar-refractivity contribution < 1.29 is 28.7 Å². The molecular weight excluding hydrogens is 244 g/mol. The van der Waals surface area contributed by atoms with Crippen molar-refractivity contribution >= 4 is 11.9 Å². The van der Waals surface area contributed by atoms with Crippen molar-refractivity contribution in [3.63, 3.8) is 0 Å². The lowest BCUT2D eigenvalue weighted by Gasteiger charge is -2.20. The SMILES string of the molecule is COC(=O)[C@H]1[C@@H](C)[C@](C#N)(C(=O)OC)ON1OC. The molecule has 1 aliphatic heterocycles. The molecular formula is C10H14N2O6. The second-order valence-electron chi connectivity index (χ2n) is 3.65. The molecule has 0 aromatic heterocycles. The lowest BCUT2D eigenvalue weighted by atomic mass is 9.86. The van der Waals surface area contributed by atoms with Crippen molar-refractivity contribution in [2.75, 3.05) is 21.3 Å². The van der Waals surface area contributed by atoms with Gasteiger partial charge in [-0.3, -0.25) is 9.63 Å². The lowest BCUT2D eigenvalue weighted by Crippen LogP contribution is -2.45. The van der Waals surface area contributed by atoms with Crippen LogP contribution in [-0.2, 0) is 28.7 Å². The molecule has 100 valence electrons. The number of hydroxylamine groups is 2. The van der Waals surface area contributed by atoms with Crippen LogP contribution in [0.1, 0.15) is 6.92 Å². The lowest BCUT2D eigenvalue weighted by molar-refractivity contribution is -0.361. The zero-order valence-corrected chi connectivity index (χ0v) is 10.5. The van der Waals surface area contributed by atoms with Crippen molar-refractivity contribution in [1.82, 2.24) is 5.23 Å². The Morgan fingerprint density at radius 3 is 2.33 bits per heavy atom. The maximum atomic E-state index is 11.7. The highest BCUT2D eigenvalue weighted by Gasteiger charge is 2.62. The smallest absolute Gasteiger partial charge is 0.355 e. The van der Waals surface area contributed by atoms with Gasteiger partial charge in [0, 0.05) is 5.92 Å². The molecule has 1 heterocycles. The molecule has 0 spiro atoms. The minimum Gasteiger partial charge on any atom is -0.468 e. The summed E-state index contributed by atoms with van der Waals surface area (Å²) in [6, 6.07) is 0.696. The van der Waals surface area contributed by atoms with E-state index in [4.69, 9.17) is 14.9 Å². The van der Waals surface area contributed by atoms with E-state index in [0.717, 1.165) is 12.3 Å². The number of hydrogen-bond donors (Lipinski definition) is 0. The Balaban J connectivity index is 3.17. The van der Waals surface area contributed by atoms with Crippen LogP contribution in [0.2, 0.25) is 0 Å². The van der Waals surface area contributed by atoms with Gasteiger partial charge < -0.3 is 9.47 Å². The number of ether oxygens (including phenoxy) is 2. The summed E-state index contributed by atoms with van der Waals surface area (Å²) in [7, 11) is 3.56. The first-order valence-corrected chi connectivity index (χ1v) is 5.08. The molecule has 18 heavy (non-hydrogen) atoms. The molecule has 0 unspecified atom stereocenters. The highest BCUT2D eigenvalue weighted by molar-refractivity contribution is 5.86. The Kier molecular flexibility index (Phi) is 4.24. The van der Waals surface area contributed by atoms with Crippen LogP contribution in [0.25, 0.3) is 0 Å². The molecule has 8 nitrogen and oxygen atoms in total. The van der Waals surface area contributed by atoms with Gasteiger partial charge in [0.1, 0.15) is 6.07 Å². The van der Waals surface area contributed by atoms with Gasteiger partial charge in [-0.1, -0.05) is 6.92 Å². The summed E-state index contributed by atoms with van der Waals surface area (Å²) in [6.07, 6.45) is 0. The molecule has 0 radical (unpaired) electrons. The highest BCUT2D eigenvalue weighted by atomic mass is 17.0. The Bertz CT molecular complexity index is 392. The largest absolute Gasteiger partial charge is 0.468 e. The van der Waals surface area contributed by atoms with Crippen LogP contribution in [0.5, 0.6) is 0 Å². The summed E-state index contributed by atoms with van der Waals surface area (Å²) < 4.78 is 9.12. The summed E-state index contributed by atoms with van der Waals surface area (Å²) in [5.41, 5.74) is -1.93. The summed E-state index contributed by atoms with van der Waals surface area (Å²) >= 11 is 0. The molecule has 0 bridgehead atoms. The topological polar surface area (TPSA) is 98.1 Å². The normalized spacial score (nSPS) is 31.7. The number of carbonyl (C=O) groups is 2. The van der Waals surface area contributed by atoms with Gasteiger partial charge in [0.2, 0.25) is 0 Å². The quantitative estimate of drug-likeness (QED) is 0.619. The molecule has 1 aliphatic rings. The average molecular weight is 258 g/mol. The Labute approximate surface area is 104 Å². The van der Waals surface area contributed by atoms with Gasteiger partial charge in [-0.2, -0.15) is 5.26 Å². The first-order chi connectivity index (χ1) is 8.48. The second-order valence-corrected chi connectivity index (χ2v) is 3.65. The fourth-order valence-electron chi connectivity index (χ4n) is 1.79. The molecule has 8 heteroatoms. The number of esters is 2. The van der Waals surface area contributed by atoms with Crippen LogP contribution >= 0.6 is 0 Å². The van der Waals surface area contributed by atoms with Gasteiger partial charge in [-0.05, 0) is 5.23 Å². The minimum absolute atomic E-state index is 0.676. The first-order valence-electron chi connectivity index (χ1n) is 5.08. The average Bonchev–Trinajstić information content (AvgIpc) is 2.70. The molecule has 0 aromatic carbocycles. The van der Waals surface area contributed by atoms with Crippen LogP contribution in [0.15, 0.2) is 0 Å². The standard InChI is InChI=1S/C10H14N2O6/c1-6-7(8(13)15-2)12(17-4)18-10(6,5-11)9(14)16-3/h6-7H,1-4H3/t6-,7-,10-/m1/s1. The predicted octanol–water partition coefficient (Wildman–Crippen LogP) is -0.592. The van der Waals surface area contributed by atoms with Crippen LogP contribution in [0.4, 0.5) is 0 Å². The van der Waals surface area contributed by atoms with Crippen molar-refractivity contribution in [3.05, 3.63) is 0 Å². The molecule has 0 N–H and O–H groups in total. The number of carbonyl (C=O) groups excluding carboxylic acids is 2. The van der Waals surface area contributed by atoms with E-state index in [2.05, 4.69) is 9.47 Å². The minimum atomic E-state index is -1.93. The third-order valence-electron chi connectivity index (χ3n) is 2.85. The van der Waals surface area contributed by atoms with E-state index in [1.165, 1.54) is 21.1 Å². The Morgan fingerprint density at radius 2 is 1.94 bits per heavy atom. The van der Waals surface area contributed by atoms with Crippen molar-refractivity contribution in [2.45, 2.75) is 18.6 Å². The summed E-state index contributed by atoms with van der Waals surface area (Å²) in [6.45, 7) is 1.50. The van der Waals surface area contributed by atoms with Crippen LogP contribution in [0.3, 0.4) is 0 Å². The third kappa shape index (κ3) is 1.92. The van der Waals surface area contributed by atoms with E-state index in [1.54, 1.807) is 6.07 Å². The molecule has 0 aliphatic carbocycles.